The van der Waals surface area contributed by atoms with Crippen LogP contribution < -0.4 is 5.32 Å². The highest BCUT2D eigenvalue weighted by Crippen LogP contribution is 2.16. The minimum absolute atomic E-state index is 0.451. The zero-order valence-corrected chi connectivity index (χ0v) is 7.99. The summed E-state index contributed by atoms with van der Waals surface area (Å²) in [5, 5.41) is 3.18. The highest BCUT2D eigenvalue weighted by atomic mass is 32.1. The Morgan fingerprint density at radius 2 is 2.42 bits per heavy atom. The highest BCUT2D eigenvalue weighted by molar-refractivity contribution is 7.11. The maximum Gasteiger partial charge on any atom is 0.0828 e. The molecule has 0 radical (unpaired) electrons. The van der Waals surface area contributed by atoms with Gasteiger partial charge in [-0.05, 0) is 19.1 Å². The number of ether oxygens (including phenoxy) is 1. The summed E-state index contributed by atoms with van der Waals surface area (Å²) in [4.78, 5) is 2.69. The van der Waals surface area contributed by atoms with E-state index >= 15 is 0 Å². The van der Waals surface area contributed by atoms with Gasteiger partial charge in [-0.3, -0.25) is 0 Å². The first kappa shape index (κ1) is 8.23. The maximum absolute atomic E-state index is 5.63. The van der Waals surface area contributed by atoms with Gasteiger partial charge in [-0.2, -0.15) is 0 Å². The topological polar surface area (TPSA) is 21.3 Å². The molecule has 2 nitrogen and oxygen atoms in total. The van der Waals surface area contributed by atoms with Crippen LogP contribution in [0.4, 0.5) is 0 Å². The largest absolute Gasteiger partial charge is 0.370 e. The van der Waals surface area contributed by atoms with Gasteiger partial charge in [-0.25, -0.2) is 0 Å². The summed E-state index contributed by atoms with van der Waals surface area (Å²) in [6.45, 7) is 4.94. The lowest BCUT2D eigenvalue weighted by molar-refractivity contribution is 0.00888. The van der Waals surface area contributed by atoms with Crippen molar-refractivity contribution in [1.82, 2.24) is 5.32 Å². The van der Waals surface area contributed by atoms with E-state index < -0.39 is 0 Å². The summed E-state index contributed by atoms with van der Waals surface area (Å²) >= 11 is 1.82. The van der Waals surface area contributed by atoms with Gasteiger partial charge in [0.15, 0.2) is 0 Å². The molecule has 1 aliphatic heterocycles. The molecular weight excluding hydrogens is 170 g/mol. The third-order valence-electron chi connectivity index (χ3n) is 2.00. The van der Waals surface area contributed by atoms with Gasteiger partial charge in [0.05, 0.1) is 12.7 Å². The first-order valence-electron chi connectivity index (χ1n) is 4.22. The molecule has 0 atom stereocenters. The van der Waals surface area contributed by atoms with Crippen molar-refractivity contribution in [2.24, 2.45) is 0 Å². The Morgan fingerprint density at radius 1 is 1.58 bits per heavy atom. The van der Waals surface area contributed by atoms with Gasteiger partial charge in [0.1, 0.15) is 0 Å². The van der Waals surface area contributed by atoms with Gasteiger partial charge >= 0.3 is 0 Å². The van der Waals surface area contributed by atoms with Crippen LogP contribution in [0.25, 0.3) is 0 Å². The number of rotatable bonds is 3. The lowest BCUT2D eigenvalue weighted by Crippen LogP contribution is -2.48. The molecule has 2 rings (SSSR count). The Bertz CT molecular complexity index is 255. The zero-order chi connectivity index (χ0) is 8.39. The van der Waals surface area contributed by atoms with Crippen LogP contribution in [-0.2, 0) is 11.3 Å². The molecule has 1 aromatic heterocycles. The average molecular weight is 183 g/mol. The van der Waals surface area contributed by atoms with Crippen molar-refractivity contribution >= 4 is 11.3 Å². The van der Waals surface area contributed by atoms with Crippen LogP contribution in [0, 0.1) is 6.92 Å². The summed E-state index contributed by atoms with van der Waals surface area (Å²) in [5.74, 6) is 0. The summed E-state index contributed by atoms with van der Waals surface area (Å²) < 4.78 is 5.63. The number of hydrogen-bond acceptors (Lipinski definition) is 3. The Morgan fingerprint density at radius 3 is 2.92 bits per heavy atom. The van der Waals surface area contributed by atoms with Gasteiger partial charge in [0.25, 0.3) is 0 Å². The molecule has 66 valence electrons. The number of hydrogen-bond donors (Lipinski definition) is 1. The number of nitrogens with one attached hydrogen (secondary N) is 1. The molecule has 2 heterocycles. The molecule has 3 heteroatoms. The van der Waals surface area contributed by atoms with Crippen molar-refractivity contribution in [3.05, 3.63) is 21.9 Å². The van der Waals surface area contributed by atoms with Crippen LogP contribution in [0.5, 0.6) is 0 Å². The fourth-order valence-electron chi connectivity index (χ4n) is 1.14. The molecule has 0 unspecified atom stereocenters. The van der Waals surface area contributed by atoms with E-state index in [4.69, 9.17) is 4.74 Å². The van der Waals surface area contributed by atoms with Crippen LogP contribution in [0.3, 0.4) is 0 Å². The minimum Gasteiger partial charge on any atom is -0.370 e. The third kappa shape index (κ3) is 1.86. The highest BCUT2D eigenvalue weighted by Gasteiger charge is 2.16. The van der Waals surface area contributed by atoms with Crippen LogP contribution in [-0.4, -0.2) is 19.2 Å². The molecule has 0 amide bonds. The standard InChI is InChI=1S/C9H13NOS/c1-7-2-3-9(12-7)6-11-8-4-10-5-8/h2-3,8,10H,4-6H2,1H3. The summed E-state index contributed by atoms with van der Waals surface area (Å²) in [5.41, 5.74) is 0. The fourth-order valence-corrected chi connectivity index (χ4v) is 1.96. The second-order valence-electron chi connectivity index (χ2n) is 3.10. The summed E-state index contributed by atoms with van der Waals surface area (Å²) in [6, 6.07) is 4.29. The normalized spacial score (nSPS) is 17.8. The van der Waals surface area contributed by atoms with E-state index in [0.29, 0.717) is 6.10 Å². The molecule has 0 aromatic carbocycles. The van der Waals surface area contributed by atoms with E-state index in [1.54, 1.807) is 0 Å². The quantitative estimate of drug-likeness (QED) is 0.767. The van der Waals surface area contributed by atoms with Crippen LogP contribution in [0.2, 0.25) is 0 Å². The summed E-state index contributed by atoms with van der Waals surface area (Å²) in [7, 11) is 0. The molecule has 1 saturated heterocycles. The van der Waals surface area contributed by atoms with Crippen LogP contribution in [0.15, 0.2) is 12.1 Å². The summed E-state index contributed by atoms with van der Waals surface area (Å²) in [6.07, 6.45) is 0.451. The van der Waals surface area contributed by atoms with Crippen molar-refractivity contribution in [3.8, 4) is 0 Å². The maximum atomic E-state index is 5.63. The SMILES string of the molecule is Cc1ccc(COC2CNC2)s1. The Balaban J connectivity index is 1.79. The molecule has 0 bridgehead atoms. The molecule has 0 spiro atoms. The van der Waals surface area contributed by atoms with Crippen LogP contribution >= 0.6 is 11.3 Å². The van der Waals surface area contributed by atoms with E-state index in [2.05, 4.69) is 24.4 Å². The van der Waals surface area contributed by atoms with Crippen molar-refractivity contribution in [1.29, 1.82) is 0 Å². The predicted octanol–water partition coefficient (Wildman–Crippen LogP) is 1.54. The Hall–Kier alpha value is -0.380. The van der Waals surface area contributed by atoms with Gasteiger partial charge in [-0.1, -0.05) is 0 Å². The molecule has 12 heavy (non-hydrogen) atoms. The first-order chi connectivity index (χ1) is 5.84. The van der Waals surface area contributed by atoms with Crippen molar-refractivity contribution < 1.29 is 4.74 Å². The van der Waals surface area contributed by atoms with Crippen molar-refractivity contribution in [3.63, 3.8) is 0 Å². The van der Waals surface area contributed by atoms with Gasteiger partial charge in [0, 0.05) is 22.8 Å². The molecule has 1 aromatic rings. The van der Waals surface area contributed by atoms with Crippen LogP contribution in [0.1, 0.15) is 9.75 Å². The number of thiophene rings is 1. The van der Waals surface area contributed by atoms with E-state index in [1.807, 2.05) is 11.3 Å². The van der Waals surface area contributed by atoms with E-state index in [-0.39, 0.29) is 0 Å². The fraction of sp³-hybridized carbons (Fsp3) is 0.556. The van der Waals surface area contributed by atoms with E-state index in [9.17, 15) is 0 Å². The molecule has 1 fully saturated rings. The minimum atomic E-state index is 0.451. The third-order valence-corrected chi connectivity index (χ3v) is 2.98. The van der Waals surface area contributed by atoms with E-state index in [1.165, 1.54) is 9.75 Å². The molecule has 0 saturated carbocycles. The second-order valence-corrected chi connectivity index (χ2v) is 4.48. The molecule has 1 N–H and O–H groups in total. The second kappa shape index (κ2) is 3.56. The van der Waals surface area contributed by atoms with Crippen molar-refractivity contribution in [2.75, 3.05) is 13.1 Å². The van der Waals surface area contributed by atoms with Gasteiger partial charge in [-0.15, -0.1) is 11.3 Å². The zero-order valence-electron chi connectivity index (χ0n) is 7.17. The van der Waals surface area contributed by atoms with Gasteiger partial charge in [0.2, 0.25) is 0 Å². The lowest BCUT2D eigenvalue weighted by atomic mass is 10.2. The molecule has 1 aliphatic rings. The lowest BCUT2D eigenvalue weighted by Gasteiger charge is -2.26. The van der Waals surface area contributed by atoms with Crippen molar-refractivity contribution in [2.45, 2.75) is 19.6 Å². The first-order valence-corrected chi connectivity index (χ1v) is 5.04. The monoisotopic (exact) mass is 183 g/mol. The van der Waals surface area contributed by atoms with Gasteiger partial charge < -0.3 is 10.1 Å². The molecular formula is C9H13NOS. The van der Waals surface area contributed by atoms with E-state index in [0.717, 1.165) is 19.7 Å². The Labute approximate surface area is 76.6 Å². The number of aryl methyl sites for hydroxylation is 1. The average Bonchev–Trinajstić information content (AvgIpc) is 2.32. The Kier molecular flexibility index (Phi) is 2.44. The predicted molar refractivity (Wildman–Crippen MR) is 50.5 cm³/mol. The smallest absolute Gasteiger partial charge is 0.0828 e. The molecule has 0 aliphatic carbocycles.